The van der Waals surface area contributed by atoms with Crippen molar-refractivity contribution in [3.63, 3.8) is 0 Å². The molecule has 0 saturated heterocycles. The van der Waals surface area contributed by atoms with Crippen molar-refractivity contribution in [2.24, 2.45) is 0 Å². The lowest BCUT2D eigenvalue weighted by molar-refractivity contribution is 0.669. The second-order valence-corrected chi connectivity index (χ2v) is 7.14. The number of imidazole rings is 1. The molecule has 148 valence electrons. The van der Waals surface area contributed by atoms with Crippen LogP contribution in [-0.2, 0) is 13.1 Å². The lowest BCUT2D eigenvalue weighted by atomic mass is 10.1. The predicted molar refractivity (Wildman–Crippen MR) is 116 cm³/mol. The van der Waals surface area contributed by atoms with E-state index >= 15 is 0 Å². The van der Waals surface area contributed by atoms with Gasteiger partial charge in [-0.2, -0.15) is 5.10 Å². The van der Waals surface area contributed by atoms with Crippen molar-refractivity contribution in [3.05, 3.63) is 90.3 Å². The Morgan fingerprint density at radius 2 is 1.83 bits per heavy atom. The Balaban J connectivity index is 1.49. The summed E-state index contributed by atoms with van der Waals surface area (Å²) in [6.07, 6.45) is 3.50. The van der Waals surface area contributed by atoms with Crippen molar-refractivity contribution in [2.45, 2.75) is 20.0 Å². The first-order chi connectivity index (χ1) is 14.8. The highest BCUT2D eigenvalue weighted by Crippen LogP contribution is 2.29. The van der Waals surface area contributed by atoms with Gasteiger partial charge in [0.25, 0.3) is 0 Å². The maximum atomic E-state index is 4.87. The molecule has 0 radical (unpaired) electrons. The topological polar surface area (TPSA) is 83.8 Å². The summed E-state index contributed by atoms with van der Waals surface area (Å²) in [6.45, 7) is 3.39. The number of nitrogens with zero attached hydrogens (tertiary/aromatic N) is 5. The molecule has 4 heterocycles. The summed E-state index contributed by atoms with van der Waals surface area (Å²) in [7, 11) is 0. The van der Waals surface area contributed by atoms with Gasteiger partial charge < -0.3 is 10.3 Å². The van der Waals surface area contributed by atoms with Crippen LogP contribution >= 0.6 is 0 Å². The Morgan fingerprint density at radius 1 is 0.933 bits per heavy atom. The highest BCUT2D eigenvalue weighted by atomic mass is 15.3. The second kappa shape index (κ2) is 7.88. The van der Waals surface area contributed by atoms with E-state index in [2.05, 4.69) is 37.5 Å². The number of aromatic amines is 1. The molecule has 0 fully saturated rings. The van der Waals surface area contributed by atoms with Crippen LogP contribution < -0.4 is 5.32 Å². The molecule has 5 aromatic rings. The minimum absolute atomic E-state index is 0.624. The number of hydrogen-bond acceptors (Lipinski definition) is 5. The molecule has 0 aliphatic heterocycles. The fourth-order valence-corrected chi connectivity index (χ4v) is 3.46. The fourth-order valence-electron chi connectivity index (χ4n) is 3.46. The predicted octanol–water partition coefficient (Wildman–Crippen LogP) is 3.78. The van der Waals surface area contributed by atoms with Gasteiger partial charge in [0, 0.05) is 24.0 Å². The highest BCUT2D eigenvalue weighted by molar-refractivity contribution is 5.77. The van der Waals surface area contributed by atoms with Crippen molar-refractivity contribution >= 4 is 5.65 Å². The van der Waals surface area contributed by atoms with Crippen LogP contribution in [0.4, 0.5) is 0 Å². The molecule has 0 amide bonds. The fraction of sp³-hybridized carbons (Fsp3) is 0.130. The van der Waals surface area contributed by atoms with E-state index in [0.29, 0.717) is 6.54 Å². The molecule has 0 aliphatic rings. The number of hydrogen-bond donors (Lipinski definition) is 2. The van der Waals surface area contributed by atoms with E-state index in [1.165, 1.54) is 5.56 Å². The maximum absolute atomic E-state index is 4.87. The first kappa shape index (κ1) is 18.2. The molecule has 5 rings (SSSR count). The molecule has 7 nitrogen and oxygen atoms in total. The SMILES string of the molecule is Cc1cccc(-c2nc(CNCc3ccccc3)[nH]c2-c2ccc3ncnn3c2)n1. The van der Waals surface area contributed by atoms with E-state index < -0.39 is 0 Å². The van der Waals surface area contributed by atoms with Crippen LogP contribution in [0, 0.1) is 6.92 Å². The van der Waals surface area contributed by atoms with Crippen LogP contribution in [0.1, 0.15) is 17.1 Å². The van der Waals surface area contributed by atoms with E-state index in [1.807, 2.05) is 61.7 Å². The summed E-state index contributed by atoms with van der Waals surface area (Å²) in [4.78, 5) is 17.3. The van der Waals surface area contributed by atoms with Gasteiger partial charge in [0.1, 0.15) is 17.8 Å². The zero-order valence-electron chi connectivity index (χ0n) is 16.6. The molecule has 0 atom stereocenters. The lowest BCUT2D eigenvalue weighted by Crippen LogP contribution is -2.13. The minimum atomic E-state index is 0.624. The van der Waals surface area contributed by atoms with Crippen LogP contribution in [0.3, 0.4) is 0 Å². The number of aromatic nitrogens is 6. The zero-order chi connectivity index (χ0) is 20.3. The van der Waals surface area contributed by atoms with Gasteiger partial charge >= 0.3 is 0 Å². The highest BCUT2D eigenvalue weighted by Gasteiger charge is 2.16. The van der Waals surface area contributed by atoms with E-state index in [9.17, 15) is 0 Å². The molecule has 1 aromatic carbocycles. The zero-order valence-corrected chi connectivity index (χ0v) is 16.6. The molecule has 0 saturated carbocycles. The minimum Gasteiger partial charge on any atom is -0.340 e. The quantitative estimate of drug-likeness (QED) is 0.457. The Hall–Kier alpha value is -3.84. The third-order valence-electron chi connectivity index (χ3n) is 4.91. The summed E-state index contributed by atoms with van der Waals surface area (Å²) in [5, 5.41) is 7.71. The number of H-pyrrole nitrogens is 1. The Morgan fingerprint density at radius 3 is 2.70 bits per heavy atom. The van der Waals surface area contributed by atoms with E-state index in [1.54, 1.807) is 10.8 Å². The molecule has 7 heteroatoms. The van der Waals surface area contributed by atoms with Crippen molar-refractivity contribution in [1.29, 1.82) is 0 Å². The van der Waals surface area contributed by atoms with Gasteiger partial charge in [-0.25, -0.2) is 14.5 Å². The number of nitrogens with one attached hydrogen (secondary N) is 2. The maximum Gasteiger partial charge on any atom is 0.155 e. The average Bonchev–Trinajstić information content (AvgIpc) is 3.41. The van der Waals surface area contributed by atoms with E-state index in [0.717, 1.165) is 46.4 Å². The number of aryl methyl sites for hydroxylation is 1. The van der Waals surface area contributed by atoms with Crippen molar-refractivity contribution in [1.82, 2.24) is 34.9 Å². The summed E-state index contributed by atoms with van der Waals surface area (Å²) < 4.78 is 1.76. The number of fused-ring (bicyclic) bond motifs is 1. The molecule has 0 aliphatic carbocycles. The Bertz CT molecular complexity index is 1290. The molecule has 0 spiro atoms. The van der Waals surface area contributed by atoms with Gasteiger partial charge in [-0.1, -0.05) is 36.4 Å². The number of rotatable bonds is 6. The smallest absolute Gasteiger partial charge is 0.155 e. The van der Waals surface area contributed by atoms with Gasteiger partial charge in [-0.3, -0.25) is 4.98 Å². The molecule has 0 bridgehead atoms. The van der Waals surface area contributed by atoms with Crippen LogP contribution in [0.5, 0.6) is 0 Å². The van der Waals surface area contributed by atoms with Gasteiger partial charge in [-0.15, -0.1) is 0 Å². The molecular weight excluding hydrogens is 374 g/mol. The van der Waals surface area contributed by atoms with Gasteiger partial charge in [0.2, 0.25) is 0 Å². The molecule has 0 unspecified atom stereocenters. The van der Waals surface area contributed by atoms with Crippen molar-refractivity contribution < 1.29 is 0 Å². The van der Waals surface area contributed by atoms with E-state index in [-0.39, 0.29) is 0 Å². The first-order valence-corrected chi connectivity index (χ1v) is 9.83. The largest absolute Gasteiger partial charge is 0.340 e. The normalized spacial score (nSPS) is 11.2. The number of benzene rings is 1. The molecule has 2 N–H and O–H groups in total. The molecule has 4 aromatic heterocycles. The standard InChI is InChI=1S/C23H21N7/c1-16-6-5-9-19(27-16)23-22(18-10-11-21-25-15-26-30(21)14-18)28-20(29-23)13-24-12-17-7-3-2-4-8-17/h2-11,14-15,24H,12-13H2,1H3,(H,28,29). The van der Waals surface area contributed by atoms with Crippen molar-refractivity contribution in [3.8, 4) is 22.6 Å². The van der Waals surface area contributed by atoms with Crippen molar-refractivity contribution in [2.75, 3.05) is 0 Å². The monoisotopic (exact) mass is 395 g/mol. The third kappa shape index (κ3) is 3.70. The average molecular weight is 395 g/mol. The summed E-state index contributed by atoms with van der Waals surface area (Å²) >= 11 is 0. The summed E-state index contributed by atoms with van der Waals surface area (Å²) in [5.74, 6) is 0.859. The Labute approximate surface area is 173 Å². The number of pyridine rings is 2. The third-order valence-corrected chi connectivity index (χ3v) is 4.91. The first-order valence-electron chi connectivity index (χ1n) is 9.83. The van der Waals surface area contributed by atoms with Gasteiger partial charge in [-0.05, 0) is 36.8 Å². The van der Waals surface area contributed by atoms with Gasteiger partial charge in [0.15, 0.2) is 5.65 Å². The van der Waals surface area contributed by atoms with Gasteiger partial charge in [0.05, 0.1) is 17.9 Å². The lowest BCUT2D eigenvalue weighted by Gasteiger charge is -2.04. The Kier molecular flexibility index (Phi) is 4.78. The van der Waals surface area contributed by atoms with Crippen LogP contribution in [0.15, 0.2) is 73.2 Å². The molecular formula is C23H21N7. The van der Waals surface area contributed by atoms with Crippen LogP contribution in [-0.4, -0.2) is 29.5 Å². The summed E-state index contributed by atoms with van der Waals surface area (Å²) in [6, 6.07) is 20.3. The summed E-state index contributed by atoms with van der Waals surface area (Å²) in [5.41, 5.74) is 6.57. The van der Waals surface area contributed by atoms with Crippen LogP contribution in [0.25, 0.3) is 28.3 Å². The second-order valence-electron chi connectivity index (χ2n) is 7.14. The van der Waals surface area contributed by atoms with Crippen LogP contribution in [0.2, 0.25) is 0 Å². The molecule has 30 heavy (non-hydrogen) atoms. The van der Waals surface area contributed by atoms with E-state index in [4.69, 9.17) is 4.98 Å².